The molecule has 124 heavy (non-hydrogen) atoms. The van der Waals surface area contributed by atoms with Crippen LogP contribution in [0.1, 0.15) is 222 Å². The first-order chi connectivity index (χ1) is 55.4. The van der Waals surface area contributed by atoms with Crippen LogP contribution in [0.4, 0.5) is 0 Å². The van der Waals surface area contributed by atoms with Crippen molar-refractivity contribution in [2.24, 2.45) is 45.9 Å². The number of hydrogen-bond donors (Lipinski definition) is 0. The Bertz CT molecular complexity index is 3500. The number of nitrogens with zero attached hydrogens (tertiary/aromatic N) is 18. The standard InChI is InChI=1S/4C9H13N2.2C8H11N2.C7H9N2.C6H7N2.C5H4N2.9C3H6.9Ni/c1-9(2,3)11-7-8-5-4-6-10-8;1-8(2)6-10-7-9-4-3-5-11-9;1-3-8(2)11-7-9-5-4-6-10-9;1-2-3-6-10-8-9-5-4-7-11-9;1-7(2)10-6-8-4-3-5-9-8;1-2-5-9-7-8-4-3-6-10-8;1-2-8-6-7-4-3-5-9-7;1-7-5-6-3-2-4-8-6;6-4-5-2-1-3-7-5;9*1-3-2;;;;;;;;;/h4-7H,1-3H3;3-5,7-8H,6H2,1-2H3;4-8H,3H2,1-2H3;4-5,7-8H,2-3,6H2,1H3;3-7H,1-2H3;3-4,6-7H,2,5H2,1H3;3-6H,2H2,1H3;2-5H,1H3;1-4H;9*3H,1H2,2H3;;;;;;;;;/q8*-1;-2;;;;;;;;;;;;;;;;;;+2. The molecular weight excluding hydrogens is 1950 g/mol. The molecule has 0 aliphatic heterocycles. The third-order valence-electron chi connectivity index (χ3n) is 10.3. The largest absolute Gasteiger partial charge is 2.00 e. The Labute approximate surface area is 844 Å². The summed E-state index contributed by atoms with van der Waals surface area (Å²) in [5.74, 6) is 0.626. The molecule has 0 radical (unpaired) electrons. The fourth-order valence-electron chi connectivity index (χ4n) is 5.67. The van der Waals surface area contributed by atoms with Gasteiger partial charge in [-0.25, -0.2) is 6.21 Å². The molecule has 0 saturated heterocycles. The van der Waals surface area contributed by atoms with Gasteiger partial charge < -0.3 is 50.3 Å². The molecule has 9 heterocycles. The summed E-state index contributed by atoms with van der Waals surface area (Å²) in [5.41, 5.74) is 8.15. The second-order valence-electron chi connectivity index (χ2n) is 24.0. The molecule has 0 N–H and O–H groups in total. The van der Waals surface area contributed by atoms with Gasteiger partial charge in [0.2, 0.25) is 0 Å². The number of unbranched alkanes of at least 4 members (excludes halogenated alkanes) is 1. The van der Waals surface area contributed by atoms with Crippen molar-refractivity contribution < 1.29 is 148 Å². The third-order valence-corrected chi connectivity index (χ3v) is 10.3. The van der Waals surface area contributed by atoms with Crippen molar-refractivity contribution in [2.75, 3.05) is 33.2 Å². The second-order valence-corrected chi connectivity index (χ2v) is 24.0. The number of allylic oxidation sites excluding steroid dienone is 9. The number of hydrogen-bond acceptors (Lipinski definition) is 8. The van der Waals surface area contributed by atoms with Crippen molar-refractivity contribution in [3.63, 3.8) is 0 Å². The minimum atomic E-state index is -0.00104. The zero-order chi connectivity index (χ0) is 88.9. The van der Waals surface area contributed by atoms with Crippen LogP contribution < -0.4 is 44.9 Å². The maximum atomic E-state index is 8.24. The van der Waals surface area contributed by atoms with E-state index in [9.17, 15) is 0 Å². The van der Waals surface area contributed by atoms with Gasteiger partial charge in [-0.1, -0.05) is 205 Å². The van der Waals surface area contributed by atoms with E-state index in [1.54, 1.807) is 154 Å². The molecule has 0 fully saturated rings. The topological polar surface area (TPSA) is 248 Å². The van der Waals surface area contributed by atoms with Gasteiger partial charge in [0.15, 0.2) is 0 Å². The molecule has 0 saturated carbocycles. The van der Waals surface area contributed by atoms with Crippen LogP contribution in [0, 0.1) is 5.92 Å². The van der Waals surface area contributed by atoms with Crippen LogP contribution in [0.2, 0.25) is 0 Å². The molecule has 0 amide bonds. The van der Waals surface area contributed by atoms with Gasteiger partial charge in [-0.15, -0.1) is 105 Å². The van der Waals surface area contributed by atoms with Gasteiger partial charge in [0.1, 0.15) is 0 Å². The van der Waals surface area contributed by atoms with Gasteiger partial charge in [0.25, 0.3) is 0 Å². The zero-order valence-corrected chi connectivity index (χ0v) is 86.5. The van der Waals surface area contributed by atoms with E-state index >= 15 is 0 Å². The zero-order valence-electron chi connectivity index (χ0n) is 77.6. The maximum Gasteiger partial charge on any atom is 2.00 e. The van der Waals surface area contributed by atoms with Crippen LogP contribution >= 0.6 is 0 Å². The summed E-state index contributed by atoms with van der Waals surface area (Å²) in [6.45, 7) is 75.8. The first kappa shape index (κ1) is 160. The number of aliphatic imine (C=N–C) groups is 8. The molecule has 1 atom stereocenters. The summed E-state index contributed by atoms with van der Waals surface area (Å²) in [6.07, 6.45) is 51.4. The first-order valence-electron chi connectivity index (χ1n) is 38.7. The van der Waals surface area contributed by atoms with E-state index in [4.69, 9.17) is 5.41 Å². The molecule has 0 bridgehead atoms. The predicted molar refractivity (Wildman–Crippen MR) is 516 cm³/mol. The Hall–Kier alpha value is -7.35. The van der Waals surface area contributed by atoms with E-state index in [2.05, 4.69) is 206 Å². The molecule has 9 aromatic heterocycles. The van der Waals surface area contributed by atoms with Crippen molar-refractivity contribution >= 4 is 55.9 Å². The Morgan fingerprint density at radius 1 is 0.339 bits per heavy atom. The molecule has 0 spiro atoms. The Kier molecular flexibility index (Phi) is 179. The van der Waals surface area contributed by atoms with E-state index in [1.165, 1.54) is 6.42 Å². The normalized spacial score (nSPS) is 9.06. The minimum Gasteiger partial charge on any atom is -0.812 e. The molecule has 0 aliphatic rings. The quantitative estimate of drug-likeness (QED) is 0.0304. The molecular formula is C97H148N18Ni9-8. The summed E-state index contributed by atoms with van der Waals surface area (Å²) < 4.78 is 0. The van der Waals surface area contributed by atoms with Gasteiger partial charge in [-0.2, -0.15) is 61.5 Å². The second kappa shape index (κ2) is 139. The monoisotopic (exact) mass is 2090 g/mol. The molecule has 0 aromatic carbocycles. The fraction of sp³-hybridized carbons (Fsp3) is 0.351. The Morgan fingerprint density at radius 3 is 0.790 bits per heavy atom. The molecule has 724 valence electrons. The van der Waals surface area contributed by atoms with Crippen LogP contribution in [0.5, 0.6) is 0 Å². The number of aromatic nitrogens is 9. The van der Waals surface area contributed by atoms with E-state index in [1.807, 2.05) is 205 Å². The SMILES string of the molecule is C=CC.C=CC.C=CC.C=CC.C=CC.C=CC.C=CC.C=CC.C=CC.CC(C)(C)N=Cc1ccc[n-]1.CC(C)CN=Cc1ccc[n-]1.CC(C)N=Cc1ccc[n-]1.CCC(C)N=Cc1ccc[n-]1.CCCCN=Cc1ccc[n-]1.CCCN=Cc1ccc[n-]1.CCN=Cc1ccc[n-]1.CN=Cc1ccc[n-]1.[N-]=Cc1ccc[n-]1.[Ni+2].[Ni].[Ni].[Ni].[Ni].[Ni].[Ni].[Ni].[Ni]. The van der Waals surface area contributed by atoms with E-state index < -0.39 is 0 Å². The molecule has 9 aromatic rings. The van der Waals surface area contributed by atoms with Gasteiger partial charge in [-0.3, -0.25) is 39.9 Å². The van der Waals surface area contributed by atoms with Crippen LogP contribution in [0.25, 0.3) is 5.41 Å². The van der Waals surface area contributed by atoms with Crippen molar-refractivity contribution in [3.05, 3.63) is 336 Å². The summed E-state index contributed by atoms with van der Waals surface area (Å²) in [6, 6.07) is 35.0. The minimum absolute atomic E-state index is 0. The Morgan fingerprint density at radius 2 is 0.581 bits per heavy atom. The smallest absolute Gasteiger partial charge is 0.812 e. The average Bonchev–Trinajstić information content (AvgIpc) is 1.62. The first-order valence-corrected chi connectivity index (χ1v) is 38.7. The van der Waals surface area contributed by atoms with E-state index in [-0.39, 0.29) is 154 Å². The Balaban J connectivity index is -0.0000000610. The van der Waals surface area contributed by atoms with Gasteiger partial charge in [0.05, 0.1) is 5.54 Å². The van der Waals surface area contributed by atoms with Crippen molar-refractivity contribution in [2.45, 2.75) is 189 Å². The van der Waals surface area contributed by atoms with Crippen LogP contribution in [0.3, 0.4) is 0 Å². The van der Waals surface area contributed by atoms with Gasteiger partial charge in [-0.05, 0) is 136 Å². The summed E-state index contributed by atoms with van der Waals surface area (Å²) in [4.78, 5) is 69.2. The molecule has 1 unspecified atom stereocenters. The van der Waals surface area contributed by atoms with Crippen molar-refractivity contribution in [1.82, 2.24) is 44.9 Å². The average molecular weight is 2090 g/mol. The van der Waals surface area contributed by atoms with Crippen LogP contribution in [-0.2, 0) is 148 Å². The van der Waals surface area contributed by atoms with Crippen molar-refractivity contribution in [3.8, 4) is 0 Å². The summed E-state index contributed by atoms with van der Waals surface area (Å²) in [5, 5.41) is 8.24. The summed E-state index contributed by atoms with van der Waals surface area (Å²) in [7, 11) is 1.73. The maximum absolute atomic E-state index is 8.24. The van der Waals surface area contributed by atoms with Gasteiger partial charge >= 0.3 is 16.5 Å². The van der Waals surface area contributed by atoms with E-state index in [0.29, 0.717) is 23.7 Å². The van der Waals surface area contributed by atoms with Crippen LogP contribution in [-0.4, -0.2) is 107 Å². The molecule has 9 rings (SSSR count). The van der Waals surface area contributed by atoms with E-state index in [0.717, 1.165) is 97.2 Å². The molecule has 0 aliphatic carbocycles. The predicted octanol–water partition coefficient (Wildman–Crippen LogP) is 23.4. The summed E-state index contributed by atoms with van der Waals surface area (Å²) >= 11 is 0. The fourth-order valence-corrected chi connectivity index (χ4v) is 5.67. The molecule has 18 nitrogen and oxygen atoms in total. The van der Waals surface area contributed by atoms with Gasteiger partial charge in [0, 0.05) is 227 Å². The number of rotatable bonds is 20. The molecule has 27 heteroatoms. The third kappa shape index (κ3) is 149. The van der Waals surface area contributed by atoms with Crippen molar-refractivity contribution in [1.29, 1.82) is 0 Å². The van der Waals surface area contributed by atoms with Crippen LogP contribution in [0.15, 0.2) is 319 Å².